The highest BCUT2D eigenvalue weighted by Crippen LogP contribution is 2.35. The summed E-state index contributed by atoms with van der Waals surface area (Å²) in [4.78, 5) is 6.92. The minimum atomic E-state index is -0.286. The molecular weight excluding hydrogens is 266 g/mol. The summed E-state index contributed by atoms with van der Waals surface area (Å²) in [6, 6.07) is 0.446. The van der Waals surface area contributed by atoms with Gasteiger partial charge in [0, 0.05) is 38.1 Å². The van der Waals surface area contributed by atoms with E-state index in [9.17, 15) is 5.11 Å². The number of rotatable bonds is 3. The van der Waals surface area contributed by atoms with Crippen molar-refractivity contribution >= 4 is 0 Å². The molecule has 0 radical (unpaired) electrons. The molecule has 1 atom stereocenters. The third-order valence-corrected chi connectivity index (χ3v) is 4.99. The van der Waals surface area contributed by atoms with Crippen LogP contribution in [0.15, 0.2) is 12.4 Å². The first kappa shape index (κ1) is 15.0. The van der Waals surface area contributed by atoms with Crippen molar-refractivity contribution in [2.24, 2.45) is 0 Å². The van der Waals surface area contributed by atoms with Gasteiger partial charge in [0.1, 0.15) is 5.82 Å². The molecule has 3 rings (SSSR count). The van der Waals surface area contributed by atoms with E-state index in [4.69, 9.17) is 4.74 Å². The van der Waals surface area contributed by atoms with Crippen molar-refractivity contribution in [1.29, 1.82) is 0 Å². The van der Waals surface area contributed by atoms with Gasteiger partial charge >= 0.3 is 0 Å². The van der Waals surface area contributed by atoms with E-state index >= 15 is 0 Å². The molecule has 0 saturated carbocycles. The number of hydrogen-bond donors (Lipinski definition) is 1. The standard InChI is InChI=1S/C16H27N3O2/c1-13(2)19-10-7-17-15(19)12-18-8-5-16(6-9-18)14(20)4-3-11-21-16/h7,10,13-14,20H,3-6,8-9,11-12H2,1-2H3. The molecule has 1 aromatic rings. The van der Waals surface area contributed by atoms with Crippen LogP contribution < -0.4 is 0 Å². The Balaban J connectivity index is 1.60. The third-order valence-electron chi connectivity index (χ3n) is 4.99. The molecule has 2 saturated heterocycles. The number of aliphatic hydroxyl groups is 1. The topological polar surface area (TPSA) is 50.5 Å². The molecule has 1 N–H and O–H groups in total. The van der Waals surface area contributed by atoms with Gasteiger partial charge in [-0.05, 0) is 39.5 Å². The number of likely N-dealkylation sites (tertiary alicyclic amines) is 1. The summed E-state index contributed by atoms with van der Waals surface area (Å²) in [5, 5.41) is 10.3. The Morgan fingerprint density at radius 2 is 2.19 bits per heavy atom. The van der Waals surface area contributed by atoms with Crippen LogP contribution in [0.3, 0.4) is 0 Å². The highest BCUT2D eigenvalue weighted by atomic mass is 16.5. The average Bonchev–Trinajstić information content (AvgIpc) is 2.93. The van der Waals surface area contributed by atoms with Crippen molar-refractivity contribution < 1.29 is 9.84 Å². The Morgan fingerprint density at radius 1 is 1.43 bits per heavy atom. The van der Waals surface area contributed by atoms with Crippen molar-refractivity contribution in [3.8, 4) is 0 Å². The number of nitrogens with zero attached hydrogens (tertiary/aromatic N) is 3. The Hall–Kier alpha value is -0.910. The zero-order valence-corrected chi connectivity index (χ0v) is 13.2. The maximum absolute atomic E-state index is 10.3. The fourth-order valence-electron chi connectivity index (χ4n) is 3.62. The van der Waals surface area contributed by atoms with Crippen molar-refractivity contribution in [1.82, 2.24) is 14.5 Å². The van der Waals surface area contributed by atoms with Gasteiger partial charge < -0.3 is 14.4 Å². The van der Waals surface area contributed by atoms with Gasteiger partial charge in [0.15, 0.2) is 0 Å². The minimum Gasteiger partial charge on any atom is -0.390 e. The second-order valence-electron chi connectivity index (χ2n) is 6.69. The molecule has 2 fully saturated rings. The van der Waals surface area contributed by atoms with Gasteiger partial charge in [-0.1, -0.05) is 0 Å². The van der Waals surface area contributed by atoms with Crippen molar-refractivity contribution in [2.45, 2.75) is 63.8 Å². The van der Waals surface area contributed by atoms with Crippen molar-refractivity contribution in [3.05, 3.63) is 18.2 Å². The highest BCUT2D eigenvalue weighted by Gasteiger charge is 2.43. The first-order valence-corrected chi connectivity index (χ1v) is 8.17. The fourth-order valence-corrected chi connectivity index (χ4v) is 3.62. The highest BCUT2D eigenvalue weighted by molar-refractivity contribution is 4.99. The molecule has 2 aliphatic heterocycles. The minimum absolute atomic E-state index is 0.276. The molecule has 2 aliphatic rings. The molecular formula is C16H27N3O2. The summed E-state index contributed by atoms with van der Waals surface area (Å²) in [6.07, 6.45) is 7.38. The summed E-state index contributed by atoms with van der Waals surface area (Å²) in [5.74, 6) is 1.13. The van der Waals surface area contributed by atoms with Crippen LogP contribution in [0.4, 0.5) is 0 Å². The van der Waals surface area contributed by atoms with Crippen LogP contribution in [0, 0.1) is 0 Å². The predicted molar refractivity (Wildman–Crippen MR) is 81.0 cm³/mol. The molecule has 118 valence electrons. The maximum atomic E-state index is 10.3. The lowest BCUT2D eigenvalue weighted by Crippen LogP contribution is -2.55. The van der Waals surface area contributed by atoms with Gasteiger partial charge in [0.05, 0.1) is 18.2 Å². The van der Waals surface area contributed by atoms with Crippen LogP contribution in [0.2, 0.25) is 0 Å². The van der Waals surface area contributed by atoms with Crippen LogP contribution in [-0.4, -0.2) is 51.0 Å². The Morgan fingerprint density at radius 3 is 2.86 bits per heavy atom. The molecule has 1 unspecified atom stereocenters. The quantitative estimate of drug-likeness (QED) is 0.926. The number of aromatic nitrogens is 2. The molecule has 0 aromatic carbocycles. The van der Waals surface area contributed by atoms with Crippen molar-refractivity contribution in [2.75, 3.05) is 19.7 Å². The summed E-state index contributed by atoms with van der Waals surface area (Å²) < 4.78 is 8.20. The number of aliphatic hydroxyl groups excluding tert-OH is 1. The molecule has 0 amide bonds. The van der Waals surface area contributed by atoms with Crippen molar-refractivity contribution in [3.63, 3.8) is 0 Å². The maximum Gasteiger partial charge on any atom is 0.123 e. The summed E-state index contributed by atoms with van der Waals surface area (Å²) in [6.45, 7) is 8.00. The summed E-state index contributed by atoms with van der Waals surface area (Å²) in [5.41, 5.74) is -0.276. The van der Waals surface area contributed by atoms with E-state index in [1.165, 1.54) is 0 Å². The largest absolute Gasteiger partial charge is 0.390 e. The number of hydrogen-bond acceptors (Lipinski definition) is 4. The molecule has 0 aliphatic carbocycles. The first-order valence-electron chi connectivity index (χ1n) is 8.17. The Labute approximate surface area is 126 Å². The van der Waals surface area contributed by atoms with E-state index in [2.05, 4.69) is 34.5 Å². The third kappa shape index (κ3) is 3.00. The van der Waals surface area contributed by atoms with Gasteiger partial charge in [-0.25, -0.2) is 4.98 Å². The van der Waals surface area contributed by atoms with Crippen LogP contribution >= 0.6 is 0 Å². The Bertz CT molecular complexity index is 464. The number of ether oxygens (including phenoxy) is 1. The monoisotopic (exact) mass is 293 g/mol. The van der Waals surface area contributed by atoms with Gasteiger partial charge in [0.2, 0.25) is 0 Å². The molecule has 21 heavy (non-hydrogen) atoms. The lowest BCUT2D eigenvalue weighted by molar-refractivity contribution is -0.177. The normalized spacial score (nSPS) is 26.6. The molecule has 0 bridgehead atoms. The van der Waals surface area contributed by atoms with Gasteiger partial charge in [-0.15, -0.1) is 0 Å². The number of imidazole rings is 1. The second kappa shape index (κ2) is 6.07. The van der Waals surface area contributed by atoms with E-state index in [1.54, 1.807) is 0 Å². The van der Waals surface area contributed by atoms with E-state index in [1.807, 2.05) is 6.20 Å². The smallest absolute Gasteiger partial charge is 0.123 e. The van der Waals surface area contributed by atoms with E-state index < -0.39 is 0 Å². The molecule has 1 aromatic heterocycles. The van der Waals surface area contributed by atoms with Gasteiger partial charge in [0.25, 0.3) is 0 Å². The van der Waals surface area contributed by atoms with E-state index in [0.29, 0.717) is 6.04 Å². The fraction of sp³-hybridized carbons (Fsp3) is 0.812. The van der Waals surface area contributed by atoms with Crippen LogP contribution in [0.25, 0.3) is 0 Å². The molecule has 3 heterocycles. The van der Waals surface area contributed by atoms with Gasteiger partial charge in [-0.2, -0.15) is 0 Å². The van der Waals surface area contributed by atoms with E-state index in [-0.39, 0.29) is 11.7 Å². The van der Waals surface area contributed by atoms with Crippen LogP contribution in [0.1, 0.15) is 51.4 Å². The molecule has 1 spiro atoms. The van der Waals surface area contributed by atoms with Gasteiger partial charge in [-0.3, -0.25) is 4.90 Å². The van der Waals surface area contributed by atoms with Crippen LogP contribution in [0.5, 0.6) is 0 Å². The SMILES string of the molecule is CC(C)n1ccnc1CN1CCC2(CC1)OCCCC2O. The number of piperidine rings is 1. The predicted octanol–water partition coefficient (Wildman–Crippen LogP) is 1.97. The summed E-state index contributed by atoms with van der Waals surface area (Å²) in [7, 11) is 0. The molecule has 5 heteroatoms. The lowest BCUT2D eigenvalue weighted by Gasteiger charge is -2.46. The Kier molecular flexibility index (Phi) is 4.33. The summed E-state index contributed by atoms with van der Waals surface area (Å²) >= 11 is 0. The van der Waals surface area contributed by atoms with Crippen LogP contribution in [-0.2, 0) is 11.3 Å². The lowest BCUT2D eigenvalue weighted by atomic mass is 9.82. The average molecular weight is 293 g/mol. The zero-order valence-electron chi connectivity index (χ0n) is 13.2. The molecule has 5 nitrogen and oxygen atoms in total. The first-order chi connectivity index (χ1) is 10.1. The second-order valence-corrected chi connectivity index (χ2v) is 6.69. The zero-order chi connectivity index (χ0) is 14.9. The van der Waals surface area contributed by atoms with E-state index in [0.717, 1.165) is 57.7 Å².